The second-order valence-corrected chi connectivity index (χ2v) is 5.62. The van der Waals surface area contributed by atoms with Gasteiger partial charge in [-0.2, -0.15) is 0 Å². The van der Waals surface area contributed by atoms with Crippen molar-refractivity contribution in [3.05, 3.63) is 29.3 Å². The fourth-order valence-electron chi connectivity index (χ4n) is 2.62. The smallest absolute Gasteiger partial charge is 0.122 e. The second kappa shape index (κ2) is 5.49. The molecule has 4 nitrogen and oxygen atoms in total. The fourth-order valence-corrected chi connectivity index (χ4v) is 2.62. The van der Waals surface area contributed by atoms with Crippen LogP contribution in [-0.2, 0) is 17.6 Å². The lowest BCUT2D eigenvalue weighted by atomic mass is 9.87. The van der Waals surface area contributed by atoms with Gasteiger partial charge < -0.3 is 19.9 Å². The summed E-state index contributed by atoms with van der Waals surface area (Å²) < 4.78 is 10.7. The van der Waals surface area contributed by atoms with Gasteiger partial charge in [0.15, 0.2) is 0 Å². The van der Waals surface area contributed by atoms with Gasteiger partial charge in [0.2, 0.25) is 0 Å². The first kappa shape index (κ1) is 12.9. The van der Waals surface area contributed by atoms with Crippen molar-refractivity contribution in [1.29, 1.82) is 0 Å². The standard InChI is InChI=1S/C15H21NO3/c17-9-15(10-18-11-15)8-16-5-3-12-1-2-14-13(7-12)4-6-19-14/h1-2,7,16-17H,3-6,8-11H2. The molecule has 0 bridgehead atoms. The maximum atomic E-state index is 9.32. The van der Waals surface area contributed by atoms with Crippen LogP contribution >= 0.6 is 0 Å². The summed E-state index contributed by atoms with van der Waals surface area (Å²) in [6, 6.07) is 6.46. The molecule has 2 aliphatic rings. The van der Waals surface area contributed by atoms with Gasteiger partial charge in [0.1, 0.15) is 5.75 Å². The largest absolute Gasteiger partial charge is 0.493 e. The molecule has 0 amide bonds. The monoisotopic (exact) mass is 263 g/mol. The maximum Gasteiger partial charge on any atom is 0.122 e. The summed E-state index contributed by atoms with van der Waals surface area (Å²) in [5.74, 6) is 1.04. The van der Waals surface area contributed by atoms with Crippen molar-refractivity contribution < 1.29 is 14.6 Å². The van der Waals surface area contributed by atoms with Crippen LogP contribution in [0, 0.1) is 5.41 Å². The van der Waals surface area contributed by atoms with E-state index < -0.39 is 0 Å². The Bertz CT molecular complexity index is 438. The molecule has 1 aromatic carbocycles. The number of aliphatic hydroxyl groups is 1. The molecule has 1 aromatic rings. The summed E-state index contributed by atoms with van der Waals surface area (Å²) in [7, 11) is 0. The zero-order valence-corrected chi connectivity index (χ0v) is 11.2. The predicted molar refractivity (Wildman–Crippen MR) is 72.6 cm³/mol. The zero-order chi connectivity index (χ0) is 13.1. The Morgan fingerprint density at radius 1 is 1.32 bits per heavy atom. The molecule has 0 saturated carbocycles. The van der Waals surface area contributed by atoms with Crippen molar-refractivity contribution in [2.45, 2.75) is 12.8 Å². The summed E-state index contributed by atoms with van der Waals surface area (Å²) in [5, 5.41) is 12.7. The Kier molecular flexibility index (Phi) is 3.73. The van der Waals surface area contributed by atoms with Crippen molar-refractivity contribution in [2.24, 2.45) is 5.41 Å². The SMILES string of the molecule is OCC1(CNCCc2ccc3c(c2)CCO3)COC1. The minimum absolute atomic E-state index is 0.0359. The van der Waals surface area contributed by atoms with Gasteiger partial charge in [-0.25, -0.2) is 0 Å². The average Bonchev–Trinajstić information content (AvgIpc) is 2.84. The number of benzene rings is 1. The van der Waals surface area contributed by atoms with Gasteiger partial charge in [-0.1, -0.05) is 12.1 Å². The Hall–Kier alpha value is -1.10. The third kappa shape index (κ3) is 2.76. The molecule has 1 fully saturated rings. The first-order chi connectivity index (χ1) is 9.31. The molecular weight excluding hydrogens is 242 g/mol. The number of ether oxygens (including phenoxy) is 2. The van der Waals surface area contributed by atoms with E-state index in [-0.39, 0.29) is 12.0 Å². The number of rotatable bonds is 6. The first-order valence-corrected chi connectivity index (χ1v) is 6.95. The van der Waals surface area contributed by atoms with Crippen LogP contribution in [0.1, 0.15) is 11.1 Å². The predicted octanol–water partition coefficient (Wildman–Crippen LogP) is 0.762. The molecule has 0 radical (unpaired) electrons. The highest BCUT2D eigenvalue weighted by atomic mass is 16.5. The zero-order valence-electron chi connectivity index (χ0n) is 11.2. The second-order valence-electron chi connectivity index (χ2n) is 5.62. The van der Waals surface area contributed by atoms with Gasteiger partial charge in [-0.05, 0) is 30.2 Å². The number of aliphatic hydroxyl groups excluding tert-OH is 1. The fraction of sp³-hybridized carbons (Fsp3) is 0.600. The lowest BCUT2D eigenvalue weighted by Gasteiger charge is -2.40. The van der Waals surface area contributed by atoms with Gasteiger partial charge in [0, 0.05) is 13.0 Å². The molecule has 19 heavy (non-hydrogen) atoms. The normalized spacial score (nSPS) is 19.6. The third-order valence-electron chi connectivity index (χ3n) is 4.00. The lowest BCUT2D eigenvalue weighted by molar-refractivity contribution is -0.134. The Morgan fingerprint density at radius 2 is 2.21 bits per heavy atom. The van der Waals surface area contributed by atoms with E-state index in [9.17, 15) is 5.11 Å². The first-order valence-electron chi connectivity index (χ1n) is 6.95. The Labute approximate surface area is 113 Å². The van der Waals surface area contributed by atoms with E-state index in [1.807, 2.05) is 0 Å². The minimum Gasteiger partial charge on any atom is -0.493 e. The Morgan fingerprint density at radius 3 is 2.95 bits per heavy atom. The van der Waals surface area contributed by atoms with Crippen molar-refractivity contribution in [2.75, 3.05) is 39.5 Å². The molecule has 0 atom stereocenters. The van der Waals surface area contributed by atoms with E-state index in [0.717, 1.165) is 38.3 Å². The molecule has 4 heteroatoms. The van der Waals surface area contributed by atoms with Crippen LogP contribution in [0.3, 0.4) is 0 Å². The van der Waals surface area contributed by atoms with Crippen LogP contribution in [-0.4, -0.2) is 44.6 Å². The molecule has 1 saturated heterocycles. The van der Waals surface area contributed by atoms with Crippen molar-refractivity contribution in [3.63, 3.8) is 0 Å². The van der Waals surface area contributed by atoms with Gasteiger partial charge in [0.25, 0.3) is 0 Å². The molecule has 104 valence electrons. The van der Waals surface area contributed by atoms with Crippen molar-refractivity contribution in [3.8, 4) is 5.75 Å². The van der Waals surface area contributed by atoms with E-state index in [1.54, 1.807) is 0 Å². The summed E-state index contributed by atoms with van der Waals surface area (Å²) in [4.78, 5) is 0. The van der Waals surface area contributed by atoms with Gasteiger partial charge >= 0.3 is 0 Å². The van der Waals surface area contributed by atoms with Crippen molar-refractivity contribution >= 4 is 0 Å². The molecule has 0 unspecified atom stereocenters. The van der Waals surface area contributed by atoms with E-state index in [1.165, 1.54) is 11.1 Å². The van der Waals surface area contributed by atoms with Crippen LogP contribution in [0.4, 0.5) is 0 Å². The van der Waals surface area contributed by atoms with Crippen LogP contribution in [0.5, 0.6) is 5.75 Å². The molecule has 0 spiro atoms. The highest BCUT2D eigenvalue weighted by Gasteiger charge is 2.37. The van der Waals surface area contributed by atoms with E-state index in [4.69, 9.17) is 9.47 Å². The number of hydrogen-bond acceptors (Lipinski definition) is 4. The van der Waals surface area contributed by atoms with Crippen LogP contribution in [0.2, 0.25) is 0 Å². The molecular formula is C15H21NO3. The Balaban J connectivity index is 1.45. The number of hydrogen-bond donors (Lipinski definition) is 2. The lowest BCUT2D eigenvalue weighted by Crippen LogP contribution is -2.52. The highest BCUT2D eigenvalue weighted by molar-refractivity contribution is 5.39. The van der Waals surface area contributed by atoms with Crippen molar-refractivity contribution in [1.82, 2.24) is 5.32 Å². The summed E-state index contributed by atoms with van der Waals surface area (Å²) in [6.07, 6.45) is 2.04. The molecule has 2 N–H and O–H groups in total. The van der Waals surface area contributed by atoms with Crippen LogP contribution in [0.15, 0.2) is 18.2 Å². The molecule has 2 heterocycles. The molecule has 0 aliphatic carbocycles. The topological polar surface area (TPSA) is 50.7 Å². The molecule has 0 aromatic heterocycles. The maximum absolute atomic E-state index is 9.32. The summed E-state index contributed by atoms with van der Waals surface area (Å²) >= 11 is 0. The van der Waals surface area contributed by atoms with Gasteiger partial charge in [-0.3, -0.25) is 0 Å². The highest BCUT2D eigenvalue weighted by Crippen LogP contribution is 2.26. The van der Waals surface area contributed by atoms with E-state index in [2.05, 4.69) is 23.5 Å². The summed E-state index contributed by atoms with van der Waals surface area (Å²) in [5.41, 5.74) is 2.64. The quantitative estimate of drug-likeness (QED) is 0.744. The third-order valence-corrected chi connectivity index (χ3v) is 4.00. The van der Waals surface area contributed by atoms with E-state index in [0.29, 0.717) is 13.2 Å². The molecule has 3 rings (SSSR count). The van der Waals surface area contributed by atoms with Gasteiger partial charge in [0.05, 0.1) is 31.8 Å². The van der Waals surface area contributed by atoms with Gasteiger partial charge in [-0.15, -0.1) is 0 Å². The van der Waals surface area contributed by atoms with Crippen LogP contribution in [0.25, 0.3) is 0 Å². The van der Waals surface area contributed by atoms with Crippen LogP contribution < -0.4 is 10.1 Å². The minimum atomic E-state index is -0.0359. The molecule has 2 aliphatic heterocycles. The number of nitrogens with one attached hydrogen (secondary N) is 1. The summed E-state index contributed by atoms with van der Waals surface area (Å²) in [6.45, 7) is 4.13. The van der Waals surface area contributed by atoms with E-state index >= 15 is 0 Å². The average molecular weight is 263 g/mol. The number of fused-ring (bicyclic) bond motifs is 1.